The van der Waals surface area contributed by atoms with Crippen LogP contribution in [-0.2, 0) is 9.59 Å². The van der Waals surface area contributed by atoms with Crippen molar-refractivity contribution in [1.29, 1.82) is 0 Å². The fraction of sp³-hybridized carbons (Fsp3) is 0.429. The number of carboxylic acid groups (broad SMARTS) is 1. The van der Waals surface area contributed by atoms with E-state index in [9.17, 15) is 9.59 Å². The minimum absolute atomic E-state index is 0.138. The first-order valence-electron chi connectivity index (χ1n) is 6.06. The van der Waals surface area contributed by atoms with Crippen LogP contribution in [0.2, 0.25) is 0 Å². The third-order valence-corrected chi connectivity index (χ3v) is 2.89. The average molecular weight is 249 g/mol. The van der Waals surface area contributed by atoms with E-state index in [4.69, 9.17) is 5.11 Å². The maximum absolute atomic E-state index is 12.2. The molecule has 1 N–H and O–H groups in total. The average Bonchev–Trinajstić information content (AvgIpc) is 2.31. The van der Waals surface area contributed by atoms with Gasteiger partial charge in [-0.05, 0) is 25.5 Å². The first-order valence-corrected chi connectivity index (χ1v) is 6.06. The number of hydrogen-bond acceptors (Lipinski definition) is 2. The van der Waals surface area contributed by atoms with Gasteiger partial charge in [-0.3, -0.25) is 9.59 Å². The van der Waals surface area contributed by atoms with Crippen LogP contribution in [0.15, 0.2) is 24.3 Å². The van der Waals surface area contributed by atoms with Gasteiger partial charge in [0.05, 0.1) is 6.42 Å². The summed E-state index contributed by atoms with van der Waals surface area (Å²) in [6.45, 7) is 6.01. The van der Waals surface area contributed by atoms with Gasteiger partial charge in [-0.2, -0.15) is 0 Å². The van der Waals surface area contributed by atoms with Gasteiger partial charge in [-0.15, -0.1) is 0 Å². The van der Waals surface area contributed by atoms with Crippen LogP contribution in [0.4, 0.5) is 5.69 Å². The van der Waals surface area contributed by atoms with Crippen LogP contribution in [-0.4, -0.2) is 23.5 Å². The molecule has 0 heterocycles. The minimum Gasteiger partial charge on any atom is -0.481 e. The Morgan fingerprint density at radius 3 is 2.44 bits per heavy atom. The molecular weight excluding hydrogens is 230 g/mol. The van der Waals surface area contributed by atoms with E-state index < -0.39 is 11.9 Å². The van der Waals surface area contributed by atoms with E-state index in [2.05, 4.69) is 0 Å². The molecule has 1 amide bonds. The Labute approximate surface area is 107 Å². The fourth-order valence-corrected chi connectivity index (χ4v) is 1.93. The molecule has 1 atom stereocenters. The highest BCUT2D eigenvalue weighted by Crippen LogP contribution is 2.21. The molecule has 0 spiro atoms. The maximum Gasteiger partial charge on any atom is 0.304 e. The van der Waals surface area contributed by atoms with Crippen LogP contribution >= 0.6 is 0 Å². The van der Waals surface area contributed by atoms with Gasteiger partial charge in [0, 0.05) is 18.2 Å². The minimum atomic E-state index is -0.948. The molecule has 1 aromatic rings. The Morgan fingerprint density at radius 2 is 1.94 bits per heavy atom. The molecule has 98 valence electrons. The summed E-state index contributed by atoms with van der Waals surface area (Å²) >= 11 is 0. The summed E-state index contributed by atoms with van der Waals surface area (Å²) in [5.41, 5.74) is 1.86. The molecule has 0 bridgehead atoms. The third-order valence-electron chi connectivity index (χ3n) is 2.89. The highest BCUT2D eigenvalue weighted by molar-refractivity contribution is 5.96. The van der Waals surface area contributed by atoms with Crippen LogP contribution in [0.3, 0.4) is 0 Å². The standard InChI is InChI=1S/C14H19NO3/c1-4-15(12-8-6-5-7-10(12)2)14(18)11(3)9-13(16)17/h5-8,11H,4,9H2,1-3H3,(H,16,17). The van der Waals surface area contributed by atoms with Crippen molar-refractivity contribution in [2.45, 2.75) is 27.2 Å². The summed E-state index contributed by atoms with van der Waals surface area (Å²) in [5.74, 6) is -1.60. The van der Waals surface area contributed by atoms with Gasteiger partial charge in [0.2, 0.25) is 5.91 Å². The number of amides is 1. The number of anilines is 1. The Bertz CT molecular complexity index is 442. The van der Waals surface area contributed by atoms with Crippen molar-refractivity contribution in [2.75, 3.05) is 11.4 Å². The van der Waals surface area contributed by atoms with Gasteiger partial charge in [0.25, 0.3) is 0 Å². The van der Waals surface area contributed by atoms with Crippen LogP contribution in [0.1, 0.15) is 25.8 Å². The number of rotatable bonds is 5. The van der Waals surface area contributed by atoms with E-state index in [0.29, 0.717) is 6.54 Å². The van der Waals surface area contributed by atoms with Crippen LogP contribution in [0.5, 0.6) is 0 Å². The SMILES string of the molecule is CCN(C(=O)C(C)CC(=O)O)c1ccccc1C. The molecule has 18 heavy (non-hydrogen) atoms. The van der Waals surface area contributed by atoms with E-state index in [1.165, 1.54) is 0 Å². The van der Waals surface area contributed by atoms with Crippen LogP contribution in [0, 0.1) is 12.8 Å². The molecule has 0 aliphatic carbocycles. The number of carbonyl (C=O) groups is 2. The lowest BCUT2D eigenvalue weighted by atomic mass is 10.1. The second-order valence-electron chi connectivity index (χ2n) is 4.37. The topological polar surface area (TPSA) is 57.6 Å². The largest absolute Gasteiger partial charge is 0.481 e. The predicted molar refractivity (Wildman–Crippen MR) is 70.6 cm³/mol. The lowest BCUT2D eigenvalue weighted by molar-refractivity contribution is -0.140. The smallest absolute Gasteiger partial charge is 0.304 e. The van der Waals surface area contributed by atoms with Gasteiger partial charge in [0.1, 0.15) is 0 Å². The monoisotopic (exact) mass is 249 g/mol. The van der Waals surface area contributed by atoms with Gasteiger partial charge < -0.3 is 10.0 Å². The van der Waals surface area contributed by atoms with Crippen molar-refractivity contribution in [2.24, 2.45) is 5.92 Å². The predicted octanol–water partition coefficient (Wildman–Crippen LogP) is 2.46. The second kappa shape index (κ2) is 6.19. The number of hydrogen-bond donors (Lipinski definition) is 1. The molecule has 0 aliphatic heterocycles. The zero-order chi connectivity index (χ0) is 13.7. The lowest BCUT2D eigenvalue weighted by Crippen LogP contribution is -2.36. The summed E-state index contributed by atoms with van der Waals surface area (Å²) < 4.78 is 0. The molecule has 0 radical (unpaired) electrons. The summed E-state index contributed by atoms with van der Waals surface area (Å²) in [6, 6.07) is 7.61. The van der Waals surface area contributed by atoms with Crippen LogP contribution in [0.25, 0.3) is 0 Å². The zero-order valence-corrected chi connectivity index (χ0v) is 11.0. The molecule has 0 saturated heterocycles. The third kappa shape index (κ3) is 3.32. The normalized spacial score (nSPS) is 11.9. The molecule has 0 saturated carbocycles. The number of benzene rings is 1. The van der Waals surface area contributed by atoms with E-state index in [-0.39, 0.29) is 12.3 Å². The Hall–Kier alpha value is -1.84. The summed E-state index contributed by atoms with van der Waals surface area (Å²) in [4.78, 5) is 24.5. The molecule has 1 aromatic carbocycles. The van der Waals surface area contributed by atoms with Gasteiger partial charge >= 0.3 is 5.97 Å². The molecule has 0 aromatic heterocycles. The second-order valence-corrected chi connectivity index (χ2v) is 4.37. The summed E-state index contributed by atoms with van der Waals surface area (Å²) in [5, 5.41) is 8.74. The highest BCUT2D eigenvalue weighted by Gasteiger charge is 2.23. The van der Waals surface area contributed by atoms with E-state index >= 15 is 0 Å². The fourth-order valence-electron chi connectivity index (χ4n) is 1.93. The number of nitrogens with zero attached hydrogens (tertiary/aromatic N) is 1. The number of carbonyl (C=O) groups excluding carboxylic acids is 1. The van der Waals surface area contributed by atoms with Crippen LogP contribution < -0.4 is 4.90 Å². The molecular formula is C14H19NO3. The summed E-state index contributed by atoms with van der Waals surface area (Å²) in [6.07, 6.45) is -0.138. The number of aryl methyl sites for hydroxylation is 1. The Kier molecular flexibility index (Phi) is 4.89. The van der Waals surface area contributed by atoms with Gasteiger partial charge in [-0.25, -0.2) is 0 Å². The van der Waals surface area contributed by atoms with Gasteiger partial charge in [0.15, 0.2) is 0 Å². The Morgan fingerprint density at radius 1 is 1.33 bits per heavy atom. The van der Waals surface area contributed by atoms with Crippen molar-refractivity contribution in [3.63, 3.8) is 0 Å². The molecule has 1 unspecified atom stereocenters. The first kappa shape index (κ1) is 14.2. The molecule has 1 rings (SSSR count). The highest BCUT2D eigenvalue weighted by atomic mass is 16.4. The zero-order valence-electron chi connectivity index (χ0n) is 11.0. The lowest BCUT2D eigenvalue weighted by Gasteiger charge is -2.25. The van der Waals surface area contributed by atoms with Crippen molar-refractivity contribution < 1.29 is 14.7 Å². The van der Waals surface area contributed by atoms with Crippen molar-refractivity contribution in [3.8, 4) is 0 Å². The van der Waals surface area contributed by atoms with Gasteiger partial charge in [-0.1, -0.05) is 25.1 Å². The Balaban J connectivity index is 2.93. The maximum atomic E-state index is 12.2. The number of carboxylic acids is 1. The summed E-state index contributed by atoms with van der Waals surface area (Å²) in [7, 11) is 0. The number of aliphatic carboxylic acids is 1. The van der Waals surface area contributed by atoms with E-state index in [1.54, 1.807) is 11.8 Å². The molecule has 0 aliphatic rings. The van der Waals surface area contributed by atoms with E-state index in [0.717, 1.165) is 11.3 Å². The molecule has 0 fully saturated rings. The van der Waals surface area contributed by atoms with Crippen molar-refractivity contribution in [3.05, 3.63) is 29.8 Å². The first-order chi connectivity index (χ1) is 8.47. The molecule has 4 heteroatoms. The van der Waals surface area contributed by atoms with Crippen molar-refractivity contribution >= 4 is 17.6 Å². The van der Waals surface area contributed by atoms with E-state index in [1.807, 2.05) is 38.1 Å². The molecule has 4 nitrogen and oxygen atoms in total. The quantitative estimate of drug-likeness (QED) is 0.872. The van der Waals surface area contributed by atoms with Crippen molar-refractivity contribution in [1.82, 2.24) is 0 Å². The number of para-hydroxylation sites is 1.